The summed E-state index contributed by atoms with van der Waals surface area (Å²) in [5.74, 6) is -0.543. The summed E-state index contributed by atoms with van der Waals surface area (Å²) in [6, 6.07) is 17.0. The number of rotatable bonds is 5. The van der Waals surface area contributed by atoms with Crippen LogP contribution in [0.1, 0.15) is 26.3 Å². The van der Waals surface area contributed by atoms with Crippen LogP contribution < -0.4 is 10.6 Å². The average molecular weight is 366 g/mol. The van der Waals surface area contributed by atoms with E-state index in [-0.39, 0.29) is 11.8 Å². The summed E-state index contributed by atoms with van der Waals surface area (Å²) in [4.78, 5) is 28.6. The molecule has 0 atom stereocenters. The molecule has 0 unspecified atom stereocenters. The van der Waals surface area contributed by atoms with Crippen molar-refractivity contribution in [3.05, 3.63) is 94.8 Å². The van der Waals surface area contributed by atoms with E-state index in [9.17, 15) is 9.59 Å². The van der Waals surface area contributed by atoms with Gasteiger partial charge in [0.2, 0.25) is 0 Å². The zero-order chi connectivity index (χ0) is 18.4. The summed E-state index contributed by atoms with van der Waals surface area (Å²) in [6.07, 6.45) is 3.34. The van der Waals surface area contributed by atoms with Crippen LogP contribution >= 0.6 is 11.6 Å². The Bertz CT molecular complexity index is 912. The molecule has 1 heterocycles. The van der Waals surface area contributed by atoms with Gasteiger partial charge in [-0.3, -0.25) is 14.6 Å². The van der Waals surface area contributed by atoms with E-state index in [0.29, 0.717) is 28.4 Å². The van der Waals surface area contributed by atoms with E-state index in [1.165, 1.54) is 0 Å². The quantitative estimate of drug-likeness (QED) is 0.720. The molecule has 2 amide bonds. The SMILES string of the molecule is O=C(NCc1ccncc1)c1cccc(C(=O)Nc2ccc(Cl)cc2)c1. The molecular weight excluding hydrogens is 350 g/mol. The standard InChI is InChI=1S/C20H16ClN3O2/c21-17-4-6-18(7-5-17)24-20(26)16-3-1-2-15(12-16)19(25)23-13-14-8-10-22-11-9-14/h1-12H,13H2,(H,23,25)(H,24,26). The van der Waals surface area contributed by atoms with Crippen molar-refractivity contribution in [2.75, 3.05) is 5.32 Å². The minimum atomic E-state index is -0.295. The van der Waals surface area contributed by atoms with Crippen LogP contribution in [0.4, 0.5) is 5.69 Å². The summed E-state index contributed by atoms with van der Waals surface area (Å²) in [5.41, 5.74) is 2.40. The molecule has 2 N–H and O–H groups in total. The number of pyridine rings is 1. The summed E-state index contributed by atoms with van der Waals surface area (Å²) in [5, 5.41) is 6.19. The summed E-state index contributed by atoms with van der Waals surface area (Å²) in [6.45, 7) is 0.391. The number of halogens is 1. The number of hydrogen-bond acceptors (Lipinski definition) is 3. The highest BCUT2D eigenvalue weighted by Crippen LogP contribution is 2.15. The third-order valence-electron chi connectivity index (χ3n) is 3.69. The van der Waals surface area contributed by atoms with Gasteiger partial charge in [0.25, 0.3) is 11.8 Å². The molecule has 1 aromatic heterocycles. The number of benzene rings is 2. The molecule has 3 rings (SSSR count). The van der Waals surface area contributed by atoms with Crippen LogP contribution in [0.3, 0.4) is 0 Å². The Hall–Kier alpha value is -3.18. The lowest BCUT2D eigenvalue weighted by Crippen LogP contribution is -2.23. The van der Waals surface area contributed by atoms with Gasteiger partial charge in [0.05, 0.1) is 0 Å². The number of hydrogen-bond donors (Lipinski definition) is 2. The molecule has 0 radical (unpaired) electrons. The average Bonchev–Trinajstić information content (AvgIpc) is 2.69. The fourth-order valence-electron chi connectivity index (χ4n) is 2.32. The Kier molecular flexibility index (Phi) is 5.61. The van der Waals surface area contributed by atoms with Crippen molar-refractivity contribution in [2.24, 2.45) is 0 Å². The monoisotopic (exact) mass is 365 g/mol. The molecule has 0 saturated heterocycles. The van der Waals surface area contributed by atoms with Gasteiger partial charge in [0, 0.05) is 40.8 Å². The summed E-state index contributed by atoms with van der Waals surface area (Å²) in [7, 11) is 0. The lowest BCUT2D eigenvalue weighted by molar-refractivity contribution is 0.0951. The second-order valence-electron chi connectivity index (χ2n) is 5.58. The molecule has 0 aliphatic rings. The molecular formula is C20H16ClN3O2. The molecule has 0 fully saturated rings. The van der Waals surface area contributed by atoms with Crippen molar-refractivity contribution < 1.29 is 9.59 Å². The molecule has 130 valence electrons. The topological polar surface area (TPSA) is 71.1 Å². The lowest BCUT2D eigenvalue weighted by Gasteiger charge is -2.08. The molecule has 0 spiro atoms. The maximum absolute atomic E-state index is 12.4. The van der Waals surface area contributed by atoms with Gasteiger partial charge in [-0.2, -0.15) is 0 Å². The smallest absolute Gasteiger partial charge is 0.255 e. The maximum Gasteiger partial charge on any atom is 0.255 e. The zero-order valence-corrected chi connectivity index (χ0v) is 14.5. The Morgan fingerprint density at radius 3 is 2.23 bits per heavy atom. The second kappa shape index (κ2) is 8.27. The first-order chi connectivity index (χ1) is 12.6. The third-order valence-corrected chi connectivity index (χ3v) is 3.94. The van der Waals surface area contributed by atoms with Gasteiger partial charge < -0.3 is 10.6 Å². The van der Waals surface area contributed by atoms with Crippen LogP contribution in [-0.2, 0) is 6.54 Å². The molecule has 2 aromatic carbocycles. The highest BCUT2D eigenvalue weighted by atomic mass is 35.5. The largest absolute Gasteiger partial charge is 0.348 e. The molecule has 0 bridgehead atoms. The van der Waals surface area contributed by atoms with Crippen LogP contribution in [0, 0.1) is 0 Å². The van der Waals surface area contributed by atoms with Crippen LogP contribution in [0.5, 0.6) is 0 Å². The van der Waals surface area contributed by atoms with E-state index in [2.05, 4.69) is 15.6 Å². The molecule has 5 nitrogen and oxygen atoms in total. The van der Waals surface area contributed by atoms with E-state index in [4.69, 9.17) is 11.6 Å². The Balaban J connectivity index is 1.66. The van der Waals surface area contributed by atoms with Crippen molar-refractivity contribution in [2.45, 2.75) is 6.54 Å². The molecule has 0 saturated carbocycles. The fraction of sp³-hybridized carbons (Fsp3) is 0.0500. The molecule has 0 aliphatic carbocycles. The van der Waals surface area contributed by atoms with Gasteiger partial charge in [-0.15, -0.1) is 0 Å². The van der Waals surface area contributed by atoms with Crippen LogP contribution in [-0.4, -0.2) is 16.8 Å². The number of aromatic nitrogens is 1. The minimum Gasteiger partial charge on any atom is -0.348 e. The number of carbonyl (C=O) groups is 2. The minimum absolute atomic E-state index is 0.247. The highest BCUT2D eigenvalue weighted by Gasteiger charge is 2.11. The van der Waals surface area contributed by atoms with Gasteiger partial charge >= 0.3 is 0 Å². The predicted molar refractivity (Wildman–Crippen MR) is 101 cm³/mol. The van der Waals surface area contributed by atoms with E-state index < -0.39 is 0 Å². The van der Waals surface area contributed by atoms with E-state index in [1.54, 1.807) is 60.9 Å². The maximum atomic E-state index is 12.4. The number of anilines is 1. The molecule has 6 heteroatoms. The summed E-state index contributed by atoms with van der Waals surface area (Å²) < 4.78 is 0. The molecule has 0 aliphatic heterocycles. The van der Waals surface area contributed by atoms with Gasteiger partial charge in [-0.1, -0.05) is 17.7 Å². The number of nitrogens with one attached hydrogen (secondary N) is 2. The van der Waals surface area contributed by atoms with E-state index >= 15 is 0 Å². The van der Waals surface area contributed by atoms with Crippen molar-refractivity contribution in [3.8, 4) is 0 Å². The molecule has 26 heavy (non-hydrogen) atoms. The number of nitrogens with zero attached hydrogens (tertiary/aromatic N) is 1. The second-order valence-corrected chi connectivity index (χ2v) is 6.02. The van der Waals surface area contributed by atoms with Crippen LogP contribution in [0.2, 0.25) is 5.02 Å². The Labute approximate surface area is 156 Å². The van der Waals surface area contributed by atoms with Gasteiger partial charge in [0.15, 0.2) is 0 Å². The first-order valence-electron chi connectivity index (χ1n) is 7.96. The Morgan fingerprint density at radius 2 is 1.54 bits per heavy atom. The highest BCUT2D eigenvalue weighted by molar-refractivity contribution is 6.30. The first-order valence-corrected chi connectivity index (χ1v) is 8.34. The zero-order valence-electron chi connectivity index (χ0n) is 13.8. The lowest BCUT2D eigenvalue weighted by atomic mass is 10.1. The first kappa shape index (κ1) is 17.6. The Morgan fingerprint density at radius 1 is 0.885 bits per heavy atom. The van der Waals surface area contributed by atoms with Crippen LogP contribution in [0.15, 0.2) is 73.1 Å². The van der Waals surface area contributed by atoms with E-state index in [0.717, 1.165) is 5.56 Å². The normalized spacial score (nSPS) is 10.2. The summed E-state index contributed by atoms with van der Waals surface area (Å²) >= 11 is 5.83. The third kappa shape index (κ3) is 4.68. The van der Waals surface area contributed by atoms with Crippen molar-refractivity contribution >= 4 is 29.1 Å². The number of amides is 2. The van der Waals surface area contributed by atoms with Crippen molar-refractivity contribution in [3.63, 3.8) is 0 Å². The van der Waals surface area contributed by atoms with Crippen molar-refractivity contribution in [1.82, 2.24) is 10.3 Å². The predicted octanol–water partition coefficient (Wildman–Crippen LogP) is 3.92. The van der Waals surface area contributed by atoms with E-state index in [1.807, 2.05) is 12.1 Å². The van der Waals surface area contributed by atoms with Gasteiger partial charge in [0.1, 0.15) is 0 Å². The number of carbonyl (C=O) groups excluding carboxylic acids is 2. The van der Waals surface area contributed by atoms with Crippen LogP contribution in [0.25, 0.3) is 0 Å². The van der Waals surface area contributed by atoms with Crippen molar-refractivity contribution in [1.29, 1.82) is 0 Å². The molecule has 3 aromatic rings. The van der Waals surface area contributed by atoms with Gasteiger partial charge in [-0.05, 0) is 60.2 Å². The fourth-order valence-corrected chi connectivity index (χ4v) is 2.45. The van der Waals surface area contributed by atoms with Gasteiger partial charge in [-0.25, -0.2) is 0 Å².